The van der Waals surface area contributed by atoms with Crippen molar-refractivity contribution in [2.24, 2.45) is 0 Å². The van der Waals surface area contributed by atoms with E-state index in [2.05, 4.69) is 10.9 Å². The Labute approximate surface area is 158 Å². The third-order valence-electron chi connectivity index (χ3n) is 3.48. The number of rotatable bonds is 5. The number of nitrogens with one attached hydrogen (secondary N) is 2. The fourth-order valence-corrected chi connectivity index (χ4v) is 2.42. The van der Waals surface area contributed by atoms with Crippen LogP contribution in [0.25, 0.3) is 11.3 Å². The predicted molar refractivity (Wildman–Crippen MR) is 96.7 cm³/mol. The first-order valence-corrected chi connectivity index (χ1v) is 8.23. The van der Waals surface area contributed by atoms with Crippen molar-refractivity contribution in [2.75, 3.05) is 6.61 Å². The third-order valence-corrected chi connectivity index (χ3v) is 3.81. The van der Waals surface area contributed by atoms with Crippen LogP contribution in [0.3, 0.4) is 0 Å². The molecule has 138 valence electrons. The fourth-order valence-electron chi connectivity index (χ4n) is 2.19. The van der Waals surface area contributed by atoms with Gasteiger partial charge in [-0.1, -0.05) is 35.9 Å². The number of furan rings is 1. The number of halogens is 2. The van der Waals surface area contributed by atoms with Gasteiger partial charge in [-0.2, -0.15) is 0 Å². The van der Waals surface area contributed by atoms with Gasteiger partial charge in [0.2, 0.25) is 0 Å². The maximum Gasteiger partial charge on any atom is 0.305 e. The third kappa shape index (κ3) is 4.65. The minimum absolute atomic E-state index is 0.0137. The Hall–Kier alpha value is -3.32. The number of para-hydroxylation sites is 1. The highest BCUT2D eigenvalue weighted by atomic mass is 35.5. The molecule has 2 N–H and O–H groups in total. The molecular formula is C19H14ClFN2O4. The van der Waals surface area contributed by atoms with Crippen LogP contribution in [0.4, 0.5) is 4.39 Å². The molecule has 2 amide bonds. The zero-order valence-corrected chi connectivity index (χ0v) is 14.6. The average molecular weight is 389 g/mol. The molecule has 2 aromatic carbocycles. The maximum absolute atomic E-state index is 13.4. The lowest BCUT2D eigenvalue weighted by molar-refractivity contribution is -0.123. The van der Waals surface area contributed by atoms with Crippen LogP contribution in [-0.2, 0) is 4.79 Å². The number of hydrogen-bond donors (Lipinski definition) is 2. The van der Waals surface area contributed by atoms with Gasteiger partial charge in [0.25, 0.3) is 5.91 Å². The molecule has 8 heteroatoms. The van der Waals surface area contributed by atoms with Crippen LogP contribution in [0.15, 0.2) is 65.1 Å². The molecule has 0 spiro atoms. The second-order valence-electron chi connectivity index (χ2n) is 5.37. The summed E-state index contributed by atoms with van der Waals surface area (Å²) in [5.41, 5.74) is 4.99. The van der Waals surface area contributed by atoms with Gasteiger partial charge in [0.1, 0.15) is 5.76 Å². The Morgan fingerprint density at radius 1 is 1.00 bits per heavy atom. The number of hydrazine groups is 1. The summed E-state index contributed by atoms with van der Waals surface area (Å²) >= 11 is 6.09. The molecule has 3 rings (SSSR count). The monoisotopic (exact) mass is 388 g/mol. The van der Waals surface area contributed by atoms with Crippen molar-refractivity contribution < 1.29 is 23.1 Å². The lowest BCUT2D eigenvalue weighted by Gasteiger charge is -2.08. The molecule has 0 saturated heterocycles. The normalized spacial score (nSPS) is 10.3. The van der Waals surface area contributed by atoms with Crippen molar-refractivity contribution in [1.29, 1.82) is 0 Å². The largest absolute Gasteiger partial charge is 0.481 e. The van der Waals surface area contributed by atoms with E-state index in [9.17, 15) is 14.0 Å². The first-order chi connectivity index (χ1) is 13.0. The lowest BCUT2D eigenvalue weighted by atomic mass is 10.2. The summed E-state index contributed by atoms with van der Waals surface area (Å²) in [6.45, 7) is -0.468. The van der Waals surface area contributed by atoms with E-state index in [1.807, 2.05) is 0 Å². The van der Waals surface area contributed by atoms with E-state index in [1.165, 1.54) is 24.3 Å². The van der Waals surface area contributed by atoms with Gasteiger partial charge in [-0.15, -0.1) is 0 Å². The predicted octanol–water partition coefficient (Wildman–Crippen LogP) is 3.58. The van der Waals surface area contributed by atoms with Crippen molar-refractivity contribution in [3.63, 3.8) is 0 Å². The molecule has 0 aliphatic carbocycles. The zero-order chi connectivity index (χ0) is 19.2. The second-order valence-corrected chi connectivity index (χ2v) is 5.77. The SMILES string of the molecule is O=C(COc1ccccc1F)NNC(=O)c1ccc(-c2ccccc2Cl)o1. The number of amides is 2. The average Bonchev–Trinajstić information content (AvgIpc) is 3.16. The van der Waals surface area contributed by atoms with Crippen LogP contribution in [0.1, 0.15) is 10.6 Å². The van der Waals surface area contributed by atoms with Crippen LogP contribution < -0.4 is 15.6 Å². The number of ether oxygens (including phenoxy) is 1. The van der Waals surface area contributed by atoms with Crippen molar-refractivity contribution in [3.05, 3.63) is 77.3 Å². The molecule has 0 aliphatic heterocycles. The molecule has 0 unspecified atom stereocenters. The van der Waals surface area contributed by atoms with Crippen LogP contribution in [0.5, 0.6) is 5.75 Å². The van der Waals surface area contributed by atoms with Gasteiger partial charge < -0.3 is 9.15 Å². The first-order valence-electron chi connectivity index (χ1n) is 7.86. The molecule has 0 fully saturated rings. The van der Waals surface area contributed by atoms with Crippen molar-refractivity contribution in [3.8, 4) is 17.1 Å². The topological polar surface area (TPSA) is 80.6 Å². The summed E-state index contributed by atoms with van der Waals surface area (Å²) < 4.78 is 23.9. The smallest absolute Gasteiger partial charge is 0.305 e. The van der Waals surface area contributed by atoms with Crippen LogP contribution in [0.2, 0.25) is 5.02 Å². The highest BCUT2D eigenvalue weighted by Gasteiger charge is 2.15. The Balaban J connectivity index is 1.53. The van der Waals surface area contributed by atoms with Crippen LogP contribution >= 0.6 is 11.6 Å². The highest BCUT2D eigenvalue weighted by Crippen LogP contribution is 2.28. The van der Waals surface area contributed by atoms with Crippen molar-refractivity contribution in [1.82, 2.24) is 10.9 Å². The van der Waals surface area contributed by atoms with Gasteiger partial charge in [-0.3, -0.25) is 20.4 Å². The Kier molecular flexibility index (Phi) is 5.73. The summed E-state index contributed by atoms with van der Waals surface area (Å²) in [6.07, 6.45) is 0. The first kappa shape index (κ1) is 18.5. The molecule has 27 heavy (non-hydrogen) atoms. The summed E-state index contributed by atoms with van der Waals surface area (Å²) in [4.78, 5) is 23.8. The zero-order valence-electron chi connectivity index (χ0n) is 13.9. The van der Waals surface area contributed by atoms with E-state index in [4.69, 9.17) is 20.8 Å². The summed E-state index contributed by atoms with van der Waals surface area (Å²) in [5.74, 6) is -1.57. The summed E-state index contributed by atoms with van der Waals surface area (Å²) in [6, 6.07) is 15.8. The highest BCUT2D eigenvalue weighted by molar-refractivity contribution is 6.33. The molecule has 1 heterocycles. The molecule has 0 radical (unpaired) electrons. The van der Waals surface area contributed by atoms with Crippen molar-refractivity contribution >= 4 is 23.4 Å². The lowest BCUT2D eigenvalue weighted by Crippen LogP contribution is -2.43. The number of benzene rings is 2. The van der Waals surface area contributed by atoms with Crippen LogP contribution in [-0.4, -0.2) is 18.4 Å². The minimum atomic E-state index is -0.663. The van der Waals surface area contributed by atoms with Crippen LogP contribution in [0, 0.1) is 5.82 Å². The Bertz CT molecular complexity index is 974. The Morgan fingerprint density at radius 3 is 2.52 bits per heavy atom. The molecule has 0 aliphatic rings. The van der Waals surface area contributed by atoms with Gasteiger partial charge in [0, 0.05) is 5.56 Å². The van der Waals surface area contributed by atoms with Gasteiger partial charge in [-0.05, 0) is 36.4 Å². The second kappa shape index (κ2) is 8.37. The fraction of sp³-hybridized carbons (Fsp3) is 0.0526. The molecular weight excluding hydrogens is 375 g/mol. The standard InChI is InChI=1S/C19H14ClFN2O4/c20-13-6-2-1-5-12(13)15-9-10-17(27-15)19(25)23-22-18(24)11-26-16-8-4-3-7-14(16)21/h1-10H,11H2,(H,22,24)(H,23,25). The van der Waals surface area contributed by atoms with E-state index >= 15 is 0 Å². The van der Waals surface area contributed by atoms with Crippen molar-refractivity contribution in [2.45, 2.75) is 0 Å². The van der Waals surface area contributed by atoms with E-state index in [0.29, 0.717) is 16.3 Å². The minimum Gasteiger partial charge on any atom is -0.481 e. The van der Waals surface area contributed by atoms with Gasteiger partial charge in [-0.25, -0.2) is 4.39 Å². The number of carbonyl (C=O) groups is 2. The molecule has 1 aromatic heterocycles. The Morgan fingerprint density at radius 2 is 1.74 bits per heavy atom. The molecule has 3 aromatic rings. The molecule has 0 bridgehead atoms. The molecule has 6 nitrogen and oxygen atoms in total. The number of hydrogen-bond acceptors (Lipinski definition) is 4. The summed E-state index contributed by atoms with van der Waals surface area (Å²) in [7, 11) is 0. The van der Waals surface area contributed by atoms with Gasteiger partial charge in [0.05, 0.1) is 5.02 Å². The van der Waals surface area contributed by atoms with E-state index < -0.39 is 24.2 Å². The molecule has 0 atom stereocenters. The summed E-state index contributed by atoms with van der Waals surface area (Å²) in [5, 5.41) is 0.484. The quantitative estimate of drug-likeness (QED) is 0.655. The van der Waals surface area contributed by atoms with E-state index in [1.54, 1.807) is 36.4 Å². The maximum atomic E-state index is 13.4. The van der Waals surface area contributed by atoms with E-state index in [0.717, 1.165) is 0 Å². The molecule has 0 saturated carbocycles. The number of carbonyl (C=O) groups excluding carboxylic acids is 2. The van der Waals surface area contributed by atoms with Gasteiger partial charge >= 0.3 is 5.91 Å². The van der Waals surface area contributed by atoms with E-state index in [-0.39, 0.29) is 11.5 Å². The van der Waals surface area contributed by atoms with Gasteiger partial charge in [0.15, 0.2) is 23.9 Å².